The van der Waals surface area contributed by atoms with Gasteiger partial charge in [0, 0.05) is 11.8 Å². The normalized spacial score (nSPS) is 9.77. The summed E-state index contributed by atoms with van der Waals surface area (Å²) in [6, 6.07) is 1.58. The van der Waals surface area contributed by atoms with Gasteiger partial charge in [-0.15, -0.1) is 0 Å². The molecular weight excluding hydrogens is 173 g/mol. The van der Waals surface area contributed by atoms with Gasteiger partial charge in [0.05, 0.1) is 13.5 Å². The molecule has 0 aliphatic carbocycles. The van der Waals surface area contributed by atoms with E-state index in [9.17, 15) is 9.18 Å². The number of methoxy groups -OCH3 is 1. The van der Waals surface area contributed by atoms with Crippen molar-refractivity contribution in [3.63, 3.8) is 0 Å². The first kappa shape index (κ1) is 9.64. The van der Waals surface area contributed by atoms with E-state index in [1.165, 1.54) is 13.3 Å². The lowest BCUT2D eigenvalue weighted by Gasteiger charge is -2.00. The number of carbonyl (C=O) groups is 1. The van der Waals surface area contributed by atoms with Crippen molar-refractivity contribution in [2.45, 2.75) is 13.3 Å². The van der Waals surface area contributed by atoms with Crippen molar-refractivity contribution in [3.05, 3.63) is 29.3 Å². The van der Waals surface area contributed by atoms with E-state index >= 15 is 0 Å². The van der Waals surface area contributed by atoms with Gasteiger partial charge in [-0.05, 0) is 18.6 Å². The molecule has 13 heavy (non-hydrogen) atoms. The summed E-state index contributed by atoms with van der Waals surface area (Å²) in [5.74, 6) is -0.860. The Balaban J connectivity index is 2.79. The van der Waals surface area contributed by atoms with Crippen LogP contribution in [0.1, 0.15) is 11.1 Å². The van der Waals surface area contributed by atoms with Crippen LogP contribution in [0, 0.1) is 12.9 Å². The molecule has 0 atom stereocenters. The predicted molar refractivity (Wildman–Crippen MR) is 44.7 cm³/mol. The molecule has 1 aromatic heterocycles. The monoisotopic (exact) mass is 183 g/mol. The van der Waals surface area contributed by atoms with Gasteiger partial charge in [-0.25, -0.2) is 4.98 Å². The van der Waals surface area contributed by atoms with Crippen LogP contribution >= 0.6 is 0 Å². The maximum Gasteiger partial charge on any atom is 0.310 e. The summed E-state index contributed by atoms with van der Waals surface area (Å²) in [5.41, 5.74) is 1.09. The number of pyridine rings is 1. The smallest absolute Gasteiger partial charge is 0.310 e. The molecule has 0 spiro atoms. The lowest BCUT2D eigenvalue weighted by Crippen LogP contribution is -2.05. The number of hydrogen-bond acceptors (Lipinski definition) is 3. The van der Waals surface area contributed by atoms with Crippen LogP contribution < -0.4 is 0 Å². The van der Waals surface area contributed by atoms with Crippen molar-refractivity contribution >= 4 is 5.97 Å². The van der Waals surface area contributed by atoms with Gasteiger partial charge < -0.3 is 4.74 Å². The average molecular weight is 183 g/mol. The highest BCUT2D eigenvalue weighted by Crippen LogP contribution is 2.06. The maximum absolute atomic E-state index is 12.7. The quantitative estimate of drug-likeness (QED) is 0.511. The number of ether oxygens (including phenoxy) is 1. The molecule has 0 aliphatic heterocycles. The molecule has 0 saturated heterocycles. The zero-order chi connectivity index (χ0) is 9.84. The number of nitrogens with zero attached hydrogens (tertiary/aromatic N) is 1. The minimum absolute atomic E-state index is 0.130. The van der Waals surface area contributed by atoms with Crippen LogP contribution in [0.3, 0.4) is 0 Å². The molecule has 0 bridgehead atoms. The predicted octanol–water partition coefficient (Wildman–Crippen LogP) is 1.24. The number of hydrogen-bond donors (Lipinski definition) is 0. The summed E-state index contributed by atoms with van der Waals surface area (Å²) in [6.45, 7) is 1.60. The SMILES string of the molecule is COC(=O)Cc1cnc(F)c(C)c1. The fourth-order valence-corrected chi connectivity index (χ4v) is 0.952. The second-order valence-corrected chi connectivity index (χ2v) is 2.70. The first-order valence-corrected chi connectivity index (χ1v) is 3.81. The summed E-state index contributed by atoms with van der Waals surface area (Å²) in [5, 5.41) is 0. The average Bonchev–Trinajstić information content (AvgIpc) is 2.11. The van der Waals surface area contributed by atoms with E-state index in [0.717, 1.165) is 0 Å². The molecule has 0 N–H and O–H groups in total. The molecule has 4 heteroatoms. The third-order valence-corrected chi connectivity index (χ3v) is 1.65. The van der Waals surface area contributed by atoms with E-state index in [4.69, 9.17) is 0 Å². The van der Waals surface area contributed by atoms with Crippen LogP contribution in [-0.2, 0) is 16.0 Å². The van der Waals surface area contributed by atoms with Crippen LogP contribution in [-0.4, -0.2) is 18.1 Å². The Morgan fingerprint density at radius 2 is 2.38 bits per heavy atom. The molecule has 70 valence electrons. The highest BCUT2D eigenvalue weighted by molar-refractivity contribution is 5.72. The minimum atomic E-state index is -0.506. The Bertz CT molecular complexity index is 325. The molecule has 0 fully saturated rings. The van der Waals surface area contributed by atoms with Gasteiger partial charge in [-0.1, -0.05) is 0 Å². The van der Waals surface area contributed by atoms with Crippen molar-refractivity contribution in [1.29, 1.82) is 0 Å². The van der Waals surface area contributed by atoms with Gasteiger partial charge in [-0.3, -0.25) is 4.79 Å². The van der Waals surface area contributed by atoms with E-state index in [1.807, 2.05) is 0 Å². The van der Waals surface area contributed by atoms with Crippen molar-refractivity contribution in [2.24, 2.45) is 0 Å². The van der Waals surface area contributed by atoms with Gasteiger partial charge in [-0.2, -0.15) is 4.39 Å². The standard InChI is InChI=1S/C9H10FNO2/c1-6-3-7(4-8(12)13-2)5-11-9(6)10/h3,5H,4H2,1-2H3. The molecular formula is C9H10FNO2. The highest BCUT2D eigenvalue weighted by Gasteiger charge is 2.05. The topological polar surface area (TPSA) is 39.2 Å². The second-order valence-electron chi connectivity index (χ2n) is 2.70. The summed E-state index contributed by atoms with van der Waals surface area (Å²) >= 11 is 0. The van der Waals surface area contributed by atoms with Crippen LogP contribution in [0.4, 0.5) is 4.39 Å². The summed E-state index contributed by atoms with van der Waals surface area (Å²) in [4.78, 5) is 14.3. The van der Waals surface area contributed by atoms with Crippen molar-refractivity contribution < 1.29 is 13.9 Å². The molecule has 0 unspecified atom stereocenters. The third-order valence-electron chi connectivity index (χ3n) is 1.65. The maximum atomic E-state index is 12.7. The summed E-state index contributed by atoms with van der Waals surface area (Å²) < 4.78 is 17.2. The Hall–Kier alpha value is -1.45. The number of aromatic nitrogens is 1. The molecule has 0 amide bonds. The zero-order valence-corrected chi connectivity index (χ0v) is 7.50. The van der Waals surface area contributed by atoms with E-state index < -0.39 is 5.95 Å². The number of carbonyl (C=O) groups excluding carboxylic acids is 1. The van der Waals surface area contributed by atoms with Crippen LogP contribution in [0.5, 0.6) is 0 Å². The van der Waals surface area contributed by atoms with Crippen LogP contribution in [0.25, 0.3) is 0 Å². The Morgan fingerprint density at radius 3 is 2.92 bits per heavy atom. The van der Waals surface area contributed by atoms with Crippen LogP contribution in [0.2, 0.25) is 0 Å². The summed E-state index contributed by atoms with van der Waals surface area (Å²) in [7, 11) is 1.31. The second kappa shape index (κ2) is 3.98. The fraction of sp³-hybridized carbons (Fsp3) is 0.333. The highest BCUT2D eigenvalue weighted by atomic mass is 19.1. The zero-order valence-electron chi connectivity index (χ0n) is 7.50. The molecule has 0 saturated carbocycles. The molecule has 0 aromatic carbocycles. The Kier molecular flexibility index (Phi) is 2.95. The summed E-state index contributed by atoms with van der Waals surface area (Å²) in [6.07, 6.45) is 1.46. The fourth-order valence-electron chi connectivity index (χ4n) is 0.952. The Morgan fingerprint density at radius 1 is 1.69 bits per heavy atom. The molecule has 1 heterocycles. The molecule has 1 aromatic rings. The third kappa shape index (κ3) is 2.50. The first-order valence-electron chi connectivity index (χ1n) is 3.81. The van der Waals surface area contributed by atoms with Crippen molar-refractivity contribution in [1.82, 2.24) is 4.98 Å². The van der Waals surface area contributed by atoms with Gasteiger partial charge in [0.15, 0.2) is 0 Å². The number of esters is 1. The van der Waals surface area contributed by atoms with E-state index in [2.05, 4.69) is 9.72 Å². The lowest BCUT2D eigenvalue weighted by molar-refractivity contribution is -0.139. The number of aryl methyl sites for hydroxylation is 1. The minimum Gasteiger partial charge on any atom is -0.469 e. The molecule has 0 radical (unpaired) electrons. The van der Waals surface area contributed by atoms with E-state index in [0.29, 0.717) is 11.1 Å². The van der Waals surface area contributed by atoms with E-state index in [1.54, 1.807) is 13.0 Å². The van der Waals surface area contributed by atoms with Gasteiger partial charge in [0.25, 0.3) is 0 Å². The Labute approximate surface area is 75.6 Å². The number of halogens is 1. The van der Waals surface area contributed by atoms with Gasteiger partial charge >= 0.3 is 5.97 Å². The van der Waals surface area contributed by atoms with Crippen LogP contribution in [0.15, 0.2) is 12.3 Å². The van der Waals surface area contributed by atoms with Crippen molar-refractivity contribution in [3.8, 4) is 0 Å². The molecule has 0 aliphatic rings. The molecule has 3 nitrogen and oxygen atoms in total. The lowest BCUT2D eigenvalue weighted by atomic mass is 10.1. The molecule has 1 rings (SSSR count). The first-order chi connectivity index (χ1) is 6.13. The number of rotatable bonds is 2. The van der Waals surface area contributed by atoms with Crippen molar-refractivity contribution in [2.75, 3.05) is 7.11 Å². The largest absolute Gasteiger partial charge is 0.469 e. The van der Waals surface area contributed by atoms with Gasteiger partial charge in [0.1, 0.15) is 0 Å². The van der Waals surface area contributed by atoms with E-state index in [-0.39, 0.29) is 12.4 Å². The van der Waals surface area contributed by atoms with Gasteiger partial charge in [0.2, 0.25) is 5.95 Å².